The maximum atomic E-state index is 12.9. The third-order valence-corrected chi connectivity index (χ3v) is 2.55. The summed E-state index contributed by atoms with van der Waals surface area (Å²) in [5.74, 6) is -0.643. The van der Waals surface area contributed by atoms with Crippen molar-refractivity contribution in [2.45, 2.75) is 6.92 Å². The van der Waals surface area contributed by atoms with Crippen molar-refractivity contribution in [1.29, 1.82) is 0 Å². The van der Waals surface area contributed by atoms with Gasteiger partial charge in [-0.05, 0) is 36.8 Å². The first-order chi connectivity index (χ1) is 8.06. The van der Waals surface area contributed by atoms with Gasteiger partial charge < -0.3 is 10.3 Å². The highest BCUT2D eigenvalue weighted by Crippen LogP contribution is 2.17. The molecule has 0 aliphatic heterocycles. The van der Waals surface area contributed by atoms with Crippen molar-refractivity contribution in [3.63, 3.8) is 0 Å². The summed E-state index contributed by atoms with van der Waals surface area (Å²) in [4.78, 5) is 14.5. The molecule has 0 spiro atoms. The Balaban J connectivity index is 2.18. The number of aromatic amines is 1. The van der Waals surface area contributed by atoms with Crippen LogP contribution in [0.2, 0.25) is 5.02 Å². The lowest BCUT2D eigenvalue weighted by Crippen LogP contribution is -2.13. The van der Waals surface area contributed by atoms with Gasteiger partial charge in [0.05, 0.1) is 5.02 Å². The number of nitrogens with one attached hydrogen (secondary N) is 2. The fraction of sp³-hybridized carbons (Fsp3) is 0.0833. The Labute approximate surface area is 103 Å². The van der Waals surface area contributed by atoms with E-state index in [2.05, 4.69) is 10.3 Å². The van der Waals surface area contributed by atoms with Crippen LogP contribution in [-0.4, -0.2) is 10.9 Å². The zero-order chi connectivity index (χ0) is 12.4. The van der Waals surface area contributed by atoms with Crippen LogP contribution in [0.1, 0.15) is 16.1 Å². The quantitative estimate of drug-likeness (QED) is 0.846. The van der Waals surface area contributed by atoms with Gasteiger partial charge in [0.25, 0.3) is 5.91 Å². The van der Waals surface area contributed by atoms with E-state index in [9.17, 15) is 9.18 Å². The Hall–Kier alpha value is -1.81. The summed E-state index contributed by atoms with van der Waals surface area (Å²) in [5.41, 5.74) is 1.59. The van der Waals surface area contributed by atoms with E-state index < -0.39 is 0 Å². The molecule has 17 heavy (non-hydrogen) atoms. The van der Waals surface area contributed by atoms with Crippen LogP contribution in [0.3, 0.4) is 0 Å². The molecule has 0 aliphatic carbocycles. The van der Waals surface area contributed by atoms with E-state index in [0.717, 1.165) is 0 Å². The third-order valence-electron chi connectivity index (χ3n) is 2.33. The largest absolute Gasteiger partial charge is 0.356 e. The van der Waals surface area contributed by atoms with E-state index in [4.69, 9.17) is 11.6 Å². The van der Waals surface area contributed by atoms with Crippen LogP contribution in [0.5, 0.6) is 0 Å². The average molecular weight is 253 g/mol. The molecule has 0 aliphatic rings. The summed E-state index contributed by atoms with van der Waals surface area (Å²) in [6.45, 7) is 1.72. The van der Waals surface area contributed by atoms with Gasteiger partial charge in [-0.1, -0.05) is 11.6 Å². The molecule has 3 nitrogen and oxygen atoms in total. The van der Waals surface area contributed by atoms with Crippen LogP contribution in [0.15, 0.2) is 30.5 Å². The Bertz CT molecular complexity index is 565. The van der Waals surface area contributed by atoms with Gasteiger partial charge in [-0.2, -0.15) is 0 Å². The Morgan fingerprint density at radius 3 is 2.76 bits per heavy atom. The normalized spacial score (nSPS) is 10.3. The Morgan fingerprint density at radius 2 is 2.18 bits per heavy atom. The number of anilines is 1. The summed E-state index contributed by atoms with van der Waals surface area (Å²) < 4.78 is 12.9. The molecule has 0 unspecified atom stereocenters. The van der Waals surface area contributed by atoms with Crippen molar-refractivity contribution < 1.29 is 9.18 Å². The molecule has 0 radical (unpaired) electrons. The van der Waals surface area contributed by atoms with Crippen LogP contribution < -0.4 is 5.32 Å². The molecule has 1 aromatic carbocycles. The lowest BCUT2D eigenvalue weighted by Gasteiger charge is -2.07. The molecule has 2 N–H and O–H groups in total. The summed E-state index contributed by atoms with van der Waals surface area (Å²) in [6, 6.07) is 5.70. The molecule has 2 rings (SSSR count). The molecular formula is C12H10ClFN2O. The lowest BCUT2D eigenvalue weighted by molar-refractivity contribution is 0.102. The molecule has 5 heteroatoms. The van der Waals surface area contributed by atoms with E-state index in [1.165, 1.54) is 30.5 Å². The van der Waals surface area contributed by atoms with E-state index in [1.807, 2.05) is 0 Å². The predicted octanol–water partition coefficient (Wildman–Crippen LogP) is 3.37. The van der Waals surface area contributed by atoms with Gasteiger partial charge in [0, 0.05) is 11.9 Å². The monoisotopic (exact) mass is 252 g/mol. The second-order valence-corrected chi connectivity index (χ2v) is 4.08. The lowest BCUT2D eigenvalue weighted by atomic mass is 10.2. The zero-order valence-corrected chi connectivity index (χ0v) is 9.81. The topological polar surface area (TPSA) is 44.9 Å². The van der Waals surface area contributed by atoms with Gasteiger partial charge >= 0.3 is 0 Å². The summed E-state index contributed by atoms with van der Waals surface area (Å²) in [6.07, 6.45) is 1.52. The average Bonchev–Trinajstić information content (AvgIpc) is 2.69. The number of amides is 1. The van der Waals surface area contributed by atoms with E-state index in [0.29, 0.717) is 22.0 Å². The smallest absolute Gasteiger partial charge is 0.272 e. The highest BCUT2D eigenvalue weighted by molar-refractivity contribution is 6.31. The zero-order valence-electron chi connectivity index (χ0n) is 9.05. The molecule has 0 atom stereocenters. The number of carbonyl (C=O) groups excluding carboxylic acids is 1. The van der Waals surface area contributed by atoms with Crippen LogP contribution in [-0.2, 0) is 0 Å². The van der Waals surface area contributed by atoms with Gasteiger partial charge in [-0.15, -0.1) is 0 Å². The molecule has 1 heterocycles. The highest BCUT2D eigenvalue weighted by Gasteiger charge is 2.09. The summed E-state index contributed by atoms with van der Waals surface area (Å²) in [5, 5.41) is 3.14. The van der Waals surface area contributed by atoms with Gasteiger partial charge in [0.1, 0.15) is 11.5 Å². The van der Waals surface area contributed by atoms with Gasteiger partial charge in [0.2, 0.25) is 0 Å². The van der Waals surface area contributed by atoms with E-state index >= 15 is 0 Å². The minimum atomic E-state index is -0.330. The summed E-state index contributed by atoms with van der Waals surface area (Å²) >= 11 is 5.70. The maximum Gasteiger partial charge on any atom is 0.272 e. The number of halogens is 2. The number of benzene rings is 1. The van der Waals surface area contributed by atoms with Crippen LogP contribution >= 0.6 is 11.6 Å². The molecule has 2 aromatic rings. The maximum absolute atomic E-state index is 12.9. The minimum absolute atomic E-state index is 0.313. The molecule has 0 bridgehead atoms. The molecule has 0 saturated heterocycles. The van der Waals surface area contributed by atoms with Gasteiger partial charge in [-0.25, -0.2) is 4.39 Å². The molecule has 0 saturated carbocycles. The van der Waals surface area contributed by atoms with Crippen molar-refractivity contribution in [3.05, 3.63) is 52.6 Å². The van der Waals surface area contributed by atoms with Crippen molar-refractivity contribution >= 4 is 23.2 Å². The molecule has 88 valence electrons. The van der Waals surface area contributed by atoms with Crippen molar-refractivity contribution in [1.82, 2.24) is 4.98 Å². The summed E-state index contributed by atoms with van der Waals surface area (Å²) in [7, 11) is 0. The standard InChI is InChI=1S/C12H10ClFN2O/c1-7-4-9(14)2-3-10(7)16-12(17)11-5-8(13)6-15-11/h2-6,15H,1H3,(H,16,17). The van der Waals surface area contributed by atoms with Crippen molar-refractivity contribution in [3.8, 4) is 0 Å². The van der Waals surface area contributed by atoms with Crippen LogP contribution in [0, 0.1) is 12.7 Å². The van der Waals surface area contributed by atoms with E-state index in [1.54, 1.807) is 6.92 Å². The van der Waals surface area contributed by atoms with E-state index in [-0.39, 0.29) is 11.7 Å². The molecular weight excluding hydrogens is 243 g/mol. The first-order valence-corrected chi connectivity index (χ1v) is 5.35. The second kappa shape index (κ2) is 4.59. The highest BCUT2D eigenvalue weighted by atomic mass is 35.5. The van der Waals surface area contributed by atoms with Crippen LogP contribution in [0.25, 0.3) is 0 Å². The minimum Gasteiger partial charge on any atom is -0.356 e. The molecule has 1 aromatic heterocycles. The first kappa shape index (κ1) is 11.7. The van der Waals surface area contributed by atoms with Gasteiger partial charge in [0.15, 0.2) is 0 Å². The number of aryl methyl sites for hydroxylation is 1. The molecule has 1 amide bonds. The predicted molar refractivity (Wildman–Crippen MR) is 64.9 cm³/mol. The van der Waals surface area contributed by atoms with Crippen molar-refractivity contribution in [2.24, 2.45) is 0 Å². The molecule has 0 fully saturated rings. The fourth-order valence-electron chi connectivity index (χ4n) is 1.46. The van der Waals surface area contributed by atoms with Crippen molar-refractivity contribution in [2.75, 3.05) is 5.32 Å². The fourth-order valence-corrected chi connectivity index (χ4v) is 1.62. The number of carbonyl (C=O) groups is 1. The number of hydrogen-bond donors (Lipinski definition) is 2. The second-order valence-electron chi connectivity index (χ2n) is 3.64. The number of hydrogen-bond acceptors (Lipinski definition) is 1. The number of H-pyrrole nitrogens is 1. The first-order valence-electron chi connectivity index (χ1n) is 4.97. The number of aromatic nitrogens is 1. The third kappa shape index (κ3) is 2.65. The Morgan fingerprint density at radius 1 is 1.41 bits per heavy atom. The van der Waals surface area contributed by atoms with Crippen LogP contribution in [0.4, 0.5) is 10.1 Å². The number of rotatable bonds is 2. The Kier molecular flexibility index (Phi) is 3.15. The SMILES string of the molecule is Cc1cc(F)ccc1NC(=O)c1cc(Cl)c[nH]1. The van der Waals surface area contributed by atoms with Gasteiger partial charge in [-0.3, -0.25) is 4.79 Å².